The first kappa shape index (κ1) is 28.1. The summed E-state index contributed by atoms with van der Waals surface area (Å²) in [4.78, 5) is 25.5. The average molecular weight is 571 g/mol. The molecule has 0 aliphatic heterocycles. The molecule has 0 saturated heterocycles. The highest BCUT2D eigenvalue weighted by Gasteiger charge is 2.24. The zero-order valence-electron chi connectivity index (χ0n) is 20.1. The lowest BCUT2D eigenvalue weighted by Gasteiger charge is -2.20. The number of nitrogens with one attached hydrogen (secondary N) is 2. The number of rotatable bonds is 10. The molecule has 0 unspecified atom stereocenters. The smallest absolute Gasteiger partial charge is 0.253 e. The van der Waals surface area contributed by atoms with E-state index in [1.807, 2.05) is 0 Å². The highest BCUT2D eigenvalue weighted by Crippen LogP contribution is 2.29. The SMILES string of the molecule is COc1ccc(Cl)cc1NC(=O)CSc1nnc([C@@H](CC(C)C)NC(=O)c2ccc(Cl)cc2Cl)n1C. The summed E-state index contributed by atoms with van der Waals surface area (Å²) < 4.78 is 7.04. The molecule has 0 aliphatic rings. The van der Waals surface area contributed by atoms with E-state index in [4.69, 9.17) is 39.5 Å². The van der Waals surface area contributed by atoms with Gasteiger partial charge in [0.1, 0.15) is 5.75 Å². The molecule has 3 aromatic rings. The standard InChI is InChI=1S/C24H26Cl3N5O3S/c1-13(2)9-19(29-23(34)16-7-5-14(25)10-17(16)27)22-30-31-24(32(22)3)36-12-21(33)28-18-11-15(26)6-8-20(18)35-4/h5-8,10-11,13,19H,9,12H2,1-4H3,(H,28,33)(H,29,34)/t19-/m1/s1. The third-order valence-electron chi connectivity index (χ3n) is 5.14. The van der Waals surface area contributed by atoms with Crippen LogP contribution in [0.2, 0.25) is 15.1 Å². The molecule has 1 aromatic heterocycles. The van der Waals surface area contributed by atoms with Crippen molar-refractivity contribution in [3.63, 3.8) is 0 Å². The van der Waals surface area contributed by atoms with Crippen molar-refractivity contribution in [1.82, 2.24) is 20.1 Å². The molecule has 2 amide bonds. The van der Waals surface area contributed by atoms with E-state index >= 15 is 0 Å². The van der Waals surface area contributed by atoms with Gasteiger partial charge < -0.3 is 19.9 Å². The summed E-state index contributed by atoms with van der Waals surface area (Å²) in [6.07, 6.45) is 0.628. The number of carbonyl (C=O) groups is 2. The summed E-state index contributed by atoms with van der Waals surface area (Å²) in [7, 11) is 3.31. The largest absolute Gasteiger partial charge is 0.495 e. The van der Waals surface area contributed by atoms with Crippen LogP contribution in [0, 0.1) is 5.92 Å². The first-order valence-corrected chi connectivity index (χ1v) is 13.1. The van der Waals surface area contributed by atoms with Gasteiger partial charge in [-0.2, -0.15) is 0 Å². The van der Waals surface area contributed by atoms with Crippen molar-refractivity contribution in [2.24, 2.45) is 13.0 Å². The van der Waals surface area contributed by atoms with E-state index in [9.17, 15) is 9.59 Å². The monoisotopic (exact) mass is 569 g/mol. The molecule has 2 aromatic carbocycles. The van der Waals surface area contributed by atoms with Gasteiger partial charge in [-0.25, -0.2) is 0 Å². The lowest BCUT2D eigenvalue weighted by Crippen LogP contribution is -2.31. The van der Waals surface area contributed by atoms with Crippen molar-refractivity contribution in [3.8, 4) is 5.75 Å². The molecule has 0 radical (unpaired) electrons. The fourth-order valence-corrected chi connectivity index (χ4v) is 4.84. The summed E-state index contributed by atoms with van der Waals surface area (Å²) in [5.74, 6) is 0.836. The number of anilines is 1. The molecule has 1 atom stereocenters. The van der Waals surface area contributed by atoms with Crippen molar-refractivity contribution in [2.45, 2.75) is 31.5 Å². The fourth-order valence-electron chi connectivity index (χ4n) is 3.46. The van der Waals surface area contributed by atoms with Crippen LogP contribution in [0.5, 0.6) is 5.75 Å². The quantitative estimate of drug-likeness (QED) is 0.289. The lowest BCUT2D eigenvalue weighted by atomic mass is 10.0. The zero-order chi connectivity index (χ0) is 26.4. The minimum Gasteiger partial charge on any atom is -0.495 e. The molecule has 1 heterocycles. The number of thioether (sulfide) groups is 1. The second kappa shape index (κ2) is 12.7. The Hall–Kier alpha value is -2.46. The Balaban J connectivity index is 1.71. The molecule has 0 bridgehead atoms. The minimum absolute atomic E-state index is 0.0865. The number of methoxy groups -OCH3 is 1. The van der Waals surface area contributed by atoms with Crippen LogP contribution in [0.25, 0.3) is 0 Å². The van der Waals surface area contributed by atoms with Crippen LogP contribution in [-0.2, 0) is 11.8 Å². The number of hydrogen-bond donors (Lipinski definition) is 2. The third-order valence-corrected chi connectivity index (χ3v) is 6.94. The molecule has 0 spiro atoms. The number of amides is 2. The van der Waals surface area contributed by atoms with E-state index in [1.165, 1.54) is 24.9 Å². The molecule has 0 fully saturated rings. The van der Waals surface area contributed by atoms with Crippen LogP contribution in [0.4, 0.5) is 5.69 Å². The second-order valence-corrected chi connectivity index (χ2v) is 10.6. The van der Waals surface area contributed by atoms with E-state index in [0.29, 0.717) is 44.4 Å². The molecule has 2 N–H and O–H groups in total. The first-order valence-electron chi connectivity index (χ1n) is 11.0. The molecule has 0 saturated carbocycles. The molecular weight excluding hydrogens is 545 g/mol. The summed E-state index contributed by atoms with van der Waals surface area (Å²) in [5, 5.41) is 16.1. The van der Waals surface area contributed by atoms with Gasteiger partial charge >= 0.3 is 0 Å². The molecule has 36 heavy (non-hydrogen) atoms. The summed E-state index contributed by atoms with van der Waals surface area (Å²) in [5.41, 5.74) is 0.800. The van der Waals surface area contributed by atoms with E-state index in [-0.39, 0.29) is 28.5 Å². The van der Waals surface area contributed by atoms with Crippen LogP contribution in [-0.4, -0.2) is 39.4 Å². The Morgan fingerprint density at radius 1 is 1.08 bits per heavy atom. The number of carbonyl (C=O) groups excluding carboxylic acids is 2. The molecule has 0 aliphatic carbocycles. The molecule has 12 heteroatoms. The van der Waals surface area contributed by atoms with Crippen molar-refractivity contribution >= 4 is 64.1 Å². The van der Waals surface area contributed by atoms with Crippen LogP contribution >= 0.6 is 46.6 Å². The fraction of sp³-hybridized carbons (Fsp3) is 0.333. The summed E-state index contributed by atoms with van der Waals surface area (Å²) in [6.45, 7) is 4.10. The van der Waals surface area contributed by atoms with Crippen molar-refractivity contribution < 1.29 is 14.3 Å². The van der Waals surface area contributed by atoms with Crippen LogP contribution in [0.15, 0.2) is 41.6 Å². The molecular formula is C24H26Cl3N5O3S. The van der Waals surface area contributed by atoms with Gasteiger partial charge in [-0.3, -0.25) is 9.59 Å². The van der Waals surface area contributed by atoms with Gasteiger partial charge in [0.2, 0.25) is 5.91 Å². The Kier molecular flexibility index (Phi) is 9.90. The maximum absolute atomic E-state index is 13.0. The van der Waals surface area contributed by atoms with Crippen LogP contribution < -0.4 is 15.4 Å². The number of aromatic nitrogens is 3. The van der Waals surface area contributed by atoms with Crippen LogP contribution in [0.1, 0.15) is 42.5 Å². The Bertz CT molecular complexity index is 1250. The van der Waals surface area contributed by atoms with E-state index in [0.717, 1.165) is 0 Å². The molecule has 8 nitrogen and oxygen atoms in total. The number of ether oxygens (including phenoxy) is 1. The van der Waals surface area contributed by atoms with Crippen molar-refractivity contribution in [1.29, 1.82) is 0 Å². The van der Waals surface area contributed by atoms with E-state index in [1.54, 1.807) is 41.9 Å². The second-order valence-electron chi connectivity index (χ2n) is 8.36. The van der Waals surface area contributed by atoms with Gasteiger partial charge in [0, 0.05) is 17.1 Å². The Morgan fingerprint density at radius 3 is 2.44 bits per heavy atom. The van der Waals surface area contributed by atoms with Crippen molar-refractivity contribution in [2.75, 3.05) is 18.2 Å². The average Bonchev–Trinajstić information content (AvgIpc) is 3.17. The third kappa shape index (κ3) is 7.29. The highest BCUT2D eigenvalue weighted by atomic mass is 35.5. The number of hydrogen-bond acceptors (Lipinski definition) is 6. The predicted octanol–water partition coefficient (Wildman–Crippen LogP) is 6.03. The van der Waals surface area contributed by atoms with E-state index < -0.39 is 6.04 Å². The van der Waals surface area contributed by atoms with Gasteiger partial charge in [0.05, 0.1) is 35.2 Å². The number of benzene rings is 2. The maximum atomic E-state index is 13.0. The summed E-state index contributed by atoms with van der Waals surface area (Å²) >= 11 is 19.4. The van der Waals surface area contributed by atoms with E-state index in [2.05, 4.69) is 34.7 Å². The maximum Gasteiger partial charge on any atom is 0.253 e. The molecule has 192 valence electrons. The van der Waals surface area contributed by atoms with Crippen LogP contribution in [0.3, 0.4) is 0 Å². The number of halogens is 3. The topological polar surface area (TPSA) is 98.1 Å². The van der Waals surface area contributed by atoms with Crippen molar-refractivity contribution in [3.05, 3.63) is 62.9 Å². The Morgan fingerprint density at radius 2 is 1.78 bits per heavy atom. The summed E-state index contributed by atoms with van der Waals surface area (Å²) in [6, 6.07) is 9.28. The van der Waals surface area contributed by atoms with Gasteiger partial charge in [-0.05, 0) is 48.7 Å². The van der Waals surface area contributed by atoms with Gasteiger partial charge in [-0.1, -0.05) is 60.4 Å². The first-order chi connectivity index (χ1) is 17.1. The highest BCUT2D eigenvalue weighted by molar-refractivity contribution is 7.99. The van der Waals surface area contributed by atoms with Gasteiger partial charge in [0.25, 0.3) is 5.91 Å². The lowest BCUT2D eigenvalue weighted by molar-refractivity contribution is -0.113. The zero-order valence-corrected chi connectivity index (χ0v) is 23.2. The minimum atomic E-state index is -0.416. The molecule has 3 rings (SSSR count). The normalized spacial score (nSPS) is 11.9. The number of nitrogens with zero attached hydrogens (tertiary/aromatic N) is 3. The Labute approximate surface area is 229 Å². The predicted molar refractivity (Wildman–Crippen MR) is 144 cm³/mol. The van der Waals surface area contributed by atoms with Gasteiger partial charge in [-0.15, -0.1) is 10.2 Å². The van der Waals surface area contributed by atoms with Gasteiger partial charge in [0.15, 0.2) is 11.0 Å².